The summed E-state index contributed by atoms with van der Waals surface area (Å²) in [5.41, 5.74) is 1.42. The number of sulfonamides is 1. The molecule has 4 aliphatic rings. The summed E-state index contributed by atoms with van der Waals surface area (Å²) in [4.78, 5) is 57.3. The van der Waals surface area contributed by atoms with Crippen molar-refractivity contribution in [1.82, 2.24) is 9.88 Å². The van der Waals surface area contributed by atoms with E-state index in [0.29, 0.717) is 5.69 Å². The van der Waals surface area contributed by atoms with Crippen molar-refractivity contribution >= 4 is 56.5 Å². The van der Waals surface area contributed by atoms with Gasteiger partial charge >= 0.3 is 4.87 Å². The van der Waals surface area contributed by atoms with Crippen LogP contribution in [0.4, 0.5) is 5.69 Å². The van der Waals surface area contributed by atoms with Crippen molar-refractivity contribution < 1.29 is 22.8 Å². The molecule has 7 atom stereocenters. The number of fused-ring (bicyclic) bond motifs is 9. The number of hydrogen-bond acceptors (Lipinski definition) is 8. The Kier molecular flexibility index (Phi) is 5.86. The highest BCUT2D eigenvalue weighted by Crippen LogP contribution is 2.68. The van der Waals surface area contributed by atoms with Crippen LogP contribution in [0.15, 0.2) is 69.3 Å². The third-order valence-corrected chi connectivity index (χ3v) is 12.3. The number of aromatic amines is 1. The molecule has 10 nitrogen and oxygen atoms in total. The Hall–Kier alpha value is -3.26. The Morgan fingerprint density at radius 1 is 1.00 bits per heavy atom. The molecule has 0 spiro atoms. The Morgan fingerprint density at radius 2 is 1.68 bits per heavy atom. The number of H-pyrrole nitrogens is 1. The highest BCUT2D eigenvalue weighted by Gasteiger charge is 2.69. The third-order valence-electron chi connectivity index (χ3n) is 8.74. The normalized spacial score (nSPS) is 30.2. The van der Waals surface area contributed by atoms with Crippen LogP contribution in [0.3, 0.4) is 0 Å². The van der Waals surface area contributed by atoms with E-state index in [2.05, 4.69) is 22.4 Å². The van der Waals surface area contributed by atoms with Crippen LogP contribution < -0.4 is 15.3 Å². The van der Waals surface area contributed by atoms with Crippen LogP contribution >= 0.6 is 23.1 Å². The van der Waals surface area contributed by atoms with Crippen molar-refractivity contribution in [3.05, 3.63) is 74.7 Å². The van der Waals surface area contributed by atoms with Crippen molar-refractivity contribution in [1.29, 1.82) is 0 Å². The quantitative estimate of drug-likeness (QED) is 0.381. The molecule has 1 saturated heterocycles. The van der Waals surface area contributed by atoms with E-state index in [4.69, 9.17) is 5.14 Å². The van der Waals surface area contributed by atoms with Crippen molar-refractivity contribution in [3.63, 3.8) is 0 Å². The minimum Gasteiger partial charge on any atom is -0.325 e. The van der Waals surface area contributed by atoms with Crippen molar-refractivity contribution in [2.24, 2.45) is 34.7 Å². The van der Waals surface area contributed by atoms with Crippen LogP contribution in [0.1, 0.15) is 22.8 Å². The lowest BCUT2D eigenvalue weighted by molar-refractivity contribution is -0.143. The number of aromatic nitrogens is 1. The number of imide groups is 1. The number of nitrogens with two attached hydrogens (primary N) is 1. The highest BCUT2D eigenvalue weighted by atomic mass is 32.2. The predicted octanol–water partition coefficient (Wildman–Crippen LogP) is 2.20. The molecule has 3 fully saturated rings. The van der Waals surface area contributed by atoms with Crippen molar-refractivity contribution in [2.45, 2.75) is 27.5 Å². The zero-order chi connectivity index (χ0) is 27.9. The Bertz CT molecular complexity index is 1720. The van der Waals surface area contributed by atoms with Gasteiger partial charge in [0.25, 0.3) is 0 Å². The summed E-state index contributed by atoms with van der Waals surface area (Å²) < 4.78 is 22.9. The molecule has 40 heavy (non-hydrogen) atoms. The fraction of sp³-hybridized carbons (Fsp3) is 0.333. The van der Waals surface area contributed by atoms with Crippen LogP contribution in [0.5, 0.6) is 0 Å². The number of amides is 3. The summed E-state index contributed by atoms with van der Waals surface area (Å²) in [7, 11) is -3.87. The van der Waals surface area contributed by atoms with Crippen LogP contribution in [0.25, 0.3) is 0 Å². The molecule has 0 radical (unpaired) electrons. The lowest BCUT2D eigenvalue weighted by Gasteiger charge is -2.43. The monoisotopic (exact) mass is 596 g/mol. The van der Waals surface area contributed by atoms with E-state index in [1.54, 1.807) is 11.8 Å². The van der Waals surface area contributed by atoms with Gasteiger partial charge in [-0.1, -0.05) is 41.7 Å². The Balaban J connectivity index is 1.14. The minimum absolute atomic E-state index is 0.0250. The van der Waals surface area contributed by atoms with Crippen LogP contribution in [0.2, 0.25) is 0 Å². The summed E-state index contributed by atoms with van der Waals surface area (Å²) >= 11 is 2.84. The van der Waals surface area contributed by atoms with Gasteiger partial charge in [0.2, 0.25) is 27.7 Å². The molecule has 1 aromatic heterocycles. The molecule has 3 heterocycles. The molecule has 3 aromatic rings. The first-order valence-corrected chi connectivity index (χ1v) is 16.1. The van der Waals surface area contributed by atoms with E-state index in [1.165, 1.54) is 35.6 Å². The van der Waals surface area contributed by atoms with Gasteiger partial charge in [-0.2, -0.15) is 0 Å². The molecule has 206 valence electrons. The number of thioether (sulfide) groups is 1. The molecular weight excluding hydrogens is 573 g/mol. The van der Waals surface area contributed by atoms with Gasteiger partial charge in [-0.3, -0.25) is 24.1 Å². The van der Waals surface area contributed by atoms with Gasteiger partial charge in [0.15, 0.2) is 0 Å². The maximum absolute atomic E-state index is 13.7. The highest BCUT2D eigenvalue weighted by molar-refractivity contribution is 8.00. The number of thiazole rings is 1. The molecule has 7 rings (SSSR count). The standard InChI is InChI=1S/C27H24N4O6S3/c28-40(36,37)14-8-6-13(7-9-14)29-17(32)11-31-25(33)20-15-10-16(21(20)26(31)34)22-19(15)18(12-4-2-1-3-5-12)23-24(38-22)30-27(35)39-23/h1-9,15-16,18-22H,10-11H2,(H,29,32)(H,30,35)(H2,28,36,37). The van der Waals surface area contributed by atoms with E-state index < -0.39 is 34.3 Å². The number of nitrogens with one attached hydrogen (secondary N) is 2. The lowest BCUT2D eigenvalue weighted by atomic mass is 9.68. The van der Waals surface area contributed by atoms with E-state index in [0.717, 1.165) is 26.8 Å². The number of carbonyl (C=O) groups excluding carboxylic acids is 3. The van der Waals surface area contributed by atoms with Gasteiger partial charge in [0, 0.05) is 21.7 Å². The topological polar surface area (TPSA) is 159 Å². The first-order chi connectivity index (χ1) is 19.1. The Labute approximate surface area is 237 Å². The summed E-state index contributed by atoms with van der Waals surface area (Å²) in [6.07, 6.45) is 0.772. The smallest absolute Gasteiger partial charge is 0.305 e. The molecule has 7 unspecified atom stereocenters. The summed E-state index contributed by atoms with van der Waals surface area (Å²) in [6.45, 7) is -0.410. The van der Waals surface area contributed by atoms with E-state index >= 15 is 0 Å². The first-order valence-electron chi connectivity index (χ1n) is 12.8. The second-order valence-corrected chi connectivity index (χ2v) is 14.5. The minimum atomic E-state index is -3.87. The second-order valence-electron chi connectivity index (χ2n) is 10.8. The molecular formula is C27H24N4O6S3. The van der Waals surface area contributed by atoms with E-state index in [9.17, 15) is 27.6 Å². The zero-order valence-electron chi connectivity index (χ0n) is 20.9. The molecule has 2 aliphatic carbocycles. The zero-order valence-corrected chi connectivity index (χ0v) is 23.3. The lowest BCUT2D eigenvalue weighted by Crippen LogP contribution is -2.42. The summed E-state index contributed by atoms with van der Waals surface area (Å²) in [6, 6.07) is 15.4. The molecule has 4 N–H and O–H groups in total. The maximum atomic E-state index is 13.7. The second kappa shape index (κ2) is 9.13. The molecule has 13 heteroatoms. The SMILES string of the molecule is NS(=O)(=O)c1ccc(NC(=O)CN2C(=O)C3C4CC(C3C2=O)C2C(c3ccccc3)c3sc(=O)[nH]c3SC42)cc1. The van der Waals surface area contributed by atoms with Crippen molar-refractivity contribution in [3.8, 4) is 0 Å². The van der Waals surface area contributed by atoms with Crippen LogP contribution in [-0.2, 0) is 24.4 Å². The molecule has 2 aliphatic heterocycles. The number of carbonyl (C=O) groups is 3. The first kappa shape index (κ1) is 25.7. The number of benzene rings is 2. The number of anilines is 1. The Morgan fingerprint density at radius 3 is 2.35 bits per heavy atom. The number of nitrogens with zero attached hydrogens (tertiary/aromatic N) is 1. The average molecular weight is 597 g/mol. The number of primary sulfonamides is 1. The van der Waals surface area contributed by atoms with Gasteiger partial charge < -0.3 is 10.3 Å². The van der Waals surface area contributed by atoms with Gasteiger partial charge in [0.1, 0.15) is 6.54 Å². The van der Waals surface area contributed by atoms with Gasteiger partial charge in [0.05, 0.1) is 21.8 Å². The van der Waals surface area contributed by atoms with Crippen LogP contribution in [0, 0.1) is 29.6 Å². The van der Waals surface area contributed by atoms with Crippen molar-refractivity contribution in [2.75, 3.05) is 11.9 Å². The molecule has 2 bridgehead atoms. The van der Waals surface area contributed by atoms with E-state index in [-0.39, 0.29) is 50.5 Å². The van der Waals surface area contributed by atoms with Gasteiger partial charge in [-0.05, 0) is 54.0 Å². The van der Waals surface area contributed by atoms with Gasteiger partial charge in [-0.25, -0.2) is 13.6 Å². The number of hydrogen-bond donors (Lipinski definition) is 3. The third kappa shape index (κ3) is 3.90. The summed E-state index contributed by atoms with van der Waals surface area (Å²) in [5, 5.41) is 8.68. The maximum Gasteiger partial charge on any atom is 0.305 e. The number of rotatable bonds is 5. The fourth-order valence-electron chi connectivity index (χ4n) is 7.34. The molecule has 2 saturated carbocycles. The molecule has 2 aromatic carbocycles. The summed E-state index contributed by atoms with van der Waals surface area (Å²) in [5.74, 6) is -2.13. The fourth-order valence-corrected chi connectivity index (χ4v) is 10.7. The van der Waals surface area contributed by atoms with Crippen LogP contribution in [-0.4, -0.2) is 47.8 Å². The van der Waals surface area contributed by atoms with Gasteiger partial charge in [-0.15, -0.1) is 11.8 Å². The predicted molar refractivity (Wildman–Crippen MR) is 148 cm³/mol. The largest absolute Gasteiger partial charge is 0.325 e. The van der Waals surface area contributed by atoms with E-state index in [1.807, 2.05) is 18.2 Å². The average Bonchev–Trinajstić information content (AvgIpc) is 3.65. The molecule has 3 amide bonds. The number of likely N-dealkylation sites (tertiary alicyclic amines) is 1.